The summed E-state index contributed by atoms with van der Waals surface area (Å²) >= 11 is 1.94. The SMILES string of the molecule is CO[C@@H]1CC=C[C@H](CSc2ccc(C)cc2)C1. The maximum absolute atomic E-state index is 5.43. The van der Waals surface area contributed by atoms with Gasteiger partial charge in [0.1, 0.15) is 0 Å². The highest BCUT2D eigenvalue weighted by atomic mass is 32.2. The van der Waals surface area contributed by atoms with E-state index in [9.17, 15) is 0 Å². The molecular formula is C15H20OS. The summed E-state index contributed by atoms with van der Waals surface area (Å²) in [6.45, 7) is 2.13. The molecule has 0 amide bonds. The van der Waals surface area contributed by atoms with Crippen molar-refractivity contribution >= 4 is 11.8 Å². The highest BCUT2D eigenvalue weighted by Crippen LogP contribution is 2.27. The van der Waals surface area contributed by atoms with Crippen LogP contribution in [0, 0.1) is 12.8 Å². The molecule has 2 rings (SSSR count). The number of benzene rings is 1. The Hall–Kier alpha value is -0.730. The third-order valence-corrected chi connectivity index (χ3v) is 4.39. The summed E-state index contributed by atoms with van der Waals surface area (Å²) in [7, 11) is 1.81. The number of methoxy groups -OCH3 is 1. The molecule has 2 atom stereocenters. The third-order valence-electron chi connectivity index (χ3n) is 3.19. The van der Waals surface area contributed by atoms with Gasteiger partial charge in [0.15, 0.2) is 0 Å². The van der Waals surface area contributed by atoms with Crippen molar-refractivity contribution in [3.63, 3.8) is 0 Å². The first-order chi connectivity index (χ1) is 8.28. The number of allylic oxidation sites excluding steroid dienone is 1. The van der Waals surface area contributed by atoms with Gasteiger partial charge in [0.05, 0.1) is 6.10 Å². The van der Waals surface area contributed by atoms with Gasteiger partial charge >= 0.3 is 0 Å². The average molecular weight is 248 g/mol. The number of rotatable bonds is 4. The molecule has 0 saturated heterocycles. The van der Waals surface area contributed by atoms with Crippen molar-refractivity contribution in [3.8, 4) is 0 Å². The number of ether oxygens (including phenoxy) is 1. The van der Waals surface area contributed by atoms with Crippen LogP contribution < -0.4 is 0 Å². The fraction of sp³-hybridized carbons (Fsp3) is 0.467. The van der Waals surface area contributed by atoms with Crippen molar-refractivity contribution in [3.05, 3.63) is 42.0 Å². The molecule has 0 spiro atoms. The van der Waals surface area contributed by atoms with Gasteiger partial charge in [0.25, 0.3) is 0 Å². The summed E-state index contributed by atoms with van der Waals surface area (Å²) in [5.41, 5.74) is 1.33. The van der Waals surface area contributed by atoms with Crippen molar-refractivity contribution in [1.29, 1.82) is 0 Å². The number of thioether (sulfide) groups is 1. The fourth-order valence-corrected chi connectivity index (χ4v) is 3.07. The van der Waals surface area contributed by atoms with Crippen LogP contribution in [0.15, 0.2) is 41.3 Å². The highest BCUT2D eigenvalue weighted by molar-refractivity contribution is 7.99. The Labute approximate surface area is 108 Å². The van der Waals surface area contributed by atoms with Crippen molar-refractivity contribution in [1.82, 2.24) is 0 Å². The molecule has 0 aromatic heterocycles. The summed E-state index contributed by atoms with van der Waals surface area (Å²) in [6.07, 6.45) is 7.26. The van der Waals surface area contributed by atoms with E-state index in [2.05, 4.69) is 43.3 Å². The second-order valence-electron chi connectivity index (χ2n) is 4.64. The summed E-state index contributed by atoms with van der Waals surface area (Å²) in [5, 5.41) is 0. The van der Waals surface area contributed by atoms with E-state index in [4.69, 9.17) is 4.74 Å². The molecule has 2 heteroatoms. The van der Waals surface area contributed by atoms with Crippen molar-refractivity contribution in [2.75, 3.05) is 12.9 Å². The maximum atomic E-state index is 5.43. The molecule has 1 aromatic carbocycles. The first-order valence-corrected chi connectivity index (χ1v) is 7.15. The lowest BCUT2D eigenvalue weighted by atomic mass is 9.95. The largest absolute Gasteiger partial charge is 0.381 e. The lowest BCUT2D eigenvalue weighted by molar-refractivity contribution is 0.0859. The topological polar surface area (TPSA) is 9.23 Å². The first-order valence-electron chi connectivity index (χ1n) is 6.17. The zero-order chi connectivity index (χ0) is 12.1. The van der Waals surface area contributed by atoms with E-state index in [1.165, 1.54) is 10.5 Å². The fourth-order valence-electron chi connectivity index (χ4n) is 2.09. The van der Waals surface area contributed by atoms with Crippen LogP contribution in [-0.4, -0.2) is 19.0 Å². The van der Waals surface area contributed by atoms with E-state index in [1.807, 2.05) is 18.9 Å². The Bertz CT molecular complexity index is 369. The van der Waals surface area contributed by atoms with E-state index in [-0.39, 0.29) is 0 Å². The lowest BCUT2D eigenvalue weighted by Gasteiger charge is -2.23. The van der Waals surface area contributed by atoms with Crippen LogP contribution in [0.1, 0.15) is 18.4 Å². The first kappa shape index (κ1) is 12.7. The van der Waals surface area contributed by atoms with Gasteiger partial charge in [-0.2, -0.15) is 0 Å². The molecular weight excluding hydrogens is 228 g/mol. The maximum Gasteiger partial charge on any atom is 0.0611 e. The second kappa shape index (κ2) is 6.27. The van der Waals surface area contributed by atoms with E-state index < -0.39 is 0 Å². The van der Waals surface area contributed by atoms with Gasteiger partial charge in [-0.15, -0.1) is 11.8 Å². The molecule has 0 aliphatic heterocycles. The van der Waals surface area contributed by atoms with Crippen LogP contribution in [0.25, 0.3) is 0 Å². The Morgan fingerprint density at radius 1 is 1.29 bits per heavy atom. The lowest BCUT2D eigenvalue weighted by Crippen LogP contribution is -2.19. The van der Waals surface area contributed by atoms with Gasteiger partial charge in [-0.1, -0.05) is 29.8 Å². The van der Waals surface area contributed by atoms with Gasteiger partial charge in [-0.25, -0.2) is 0 Å². The zero-order valence-corrected chi connectivity index (χ0v) is 11.4. The molecule has 0 unspecified atom stereocenters. The summed E-state index contributed by atoms with van der Waals surface area (Å²) in [6, 6.07) is 8.77. The standard InChI is InChI=1S/C15H20OS/c1-12-6-8-15(9-7-12)17-11-13-4-3-5-14(10-13)16-2/h3-4,6-9,13-14H,5,10-11H2,1-2H3/t13-,14+/m0/s1. The van der Waals surface area contributed by atoms with Gasteiger partial charge in [-0.05, 0) is 37.8 Å². The molecule has 0 radical (unpaired) electrons. The quantitative estimate of drug-likeness (QED) is 0.587. The average Bonchev–Trinajstić information content (AvgIpc) is 2.38. The molecule has 0 saturated carbocycles. The minimum absolute atomic E-state index is 0.420. The Morgan fingerprint density at radius 2 is 2.06 bits per heavy atom. The molecule has 0 bridgehead atoms. The Balaban J connectivity index is 1.84. The molecule has 0 N–H and O–H groups in total. The van der Waals surface area contributed by atoms with Crippen LogP contribution >= 0.6 is 11.8 Å². The Morgan fingerprint density at radius 3 is 2.76 bits per heavy atom. The van der Waals surface area contributed by atoms with Gasteiger partial charge in [-0.3, -0.25) is 0 Å². The molecule has 92 valence electrons. The Kier molecular flexibility index (Phi) is 4.69. The minimum Gasteiger partial charge on any atom is -0.381 e. The monoisotopic (exact) mass is 248 g/mol. The molecule has 1 aliphatic carbocycles. The van der Waals surface area contributed by atoms with Gasteiger partial charge in [0.2, 0.25) is 0 Å². The number of aryl methyl sites for hydroxylation is 1. The van der Waals surface area contributed by atoms with Crippen LogP contribution in [0.3, 0.4) is 0 Å². The summed E-state index contributed by atoms with van der Waals surface area (Å²) in [5.74, 6) is 1.80. The van der Waals surface area contributed by atoms with Gasteiger partial charge in [0, 0.05) is 17.8 Å². The summed E-state index contributed by atoms with van der Waals surface area (Å²) < 4.78 is 5.43. The van der Waals surface area contributed by atoms with E-state index in [0.717, 1.165) is 18.6 Å². The third kappa shape index (κ3) is 3.90. The summed E-state index contributed by atoms with van der Waals surface area (Å²) in [4.78, 5) is 1.36. The van der Waals surface area contributed by atoms with E-state index in [0.29, 0.717) is 12.0 Å². The highest BCUT2D eigenvalue weighted by Gasteiger charge is 2.17. The van der Waals surface area contributed by atoms with Crippen LogP contribution in [0.5, 0.6) is 0 Å². The molecule has 1 aromatic rings. The van der Waals surface area contributed by atoms with E-state index in [1.54, 1.807) is 0 Å². The number of hydrogen-bond donors (Lipinski definition) is 0. The zero-order valence-electron chi connectivity index (χ0n) is 10.6. The predicted octanol–water partition coefficient (Wildman–Crippen LogP) is 4.07. The number of hydrogen-bond acceptors (Lipinski definition) is 2. The molecule has 1 aliphatic rings. The van der Waals surface area contributed by atoms with Crippen molar-refractivity contribution in [2.24, 2.45) is 5.92 Å². The van der Waals surface area contributed by atoms with Crippen molar-refractivity contribution < 1.29 is 4.74 Å². The minimum atomic E-state index is 0.420. The van der Waals surface area contributed by atoms with Crippen molar-refractivity contribution in [2.45, 2.75) is 30.8 Å². The normalized spacial score (nSPS) is 23.9. The van der Waals surface area contributed by atoms with Crippen LogP contribution in [0.2, 0.25) is 0 Å². The molecule has 0 fully saturated rings. The molecule has 1 nitrogen and oxygen atoms in total. The smallest absolute Gasteiger partial charge is 0.0611 e. The second-order valence-corrected chi connectivity index (χ2v) is 5.73. The predicted molar refractivity (Wildman–Crippen MR) is 74.6 cm³/mol. The van der Waals surface area contributed by atoms with Gasteiger partial charge < -0.3 is 4.74 Å². The molecule has 17 heavy (non-hydrogen) atoms. The molecule has 0 heterocycles. The van der Waals surface area contributed by atoms with Crippen LogP contribution in [-0.2, 0) is 4.74 Å². The van der Waals surface area contributed by atoms with Crippen LogP contribution in [0.4, 0.5) is 0 Å². The van der Waals surface area contributed by atoms with E-state index >= 15 is 0 Å².